The second kappa shape index (κ2) is 70.8. The number of nitrogens with one attached hydrogen (secondary N) is 1. The Kier molecular flexibility index (Phi) is 69.5. The number of carbonyl (C=O) groups is 1. The van der Waals surface area contributed by atoms with Gasteiger partial charge in [0.25, 0.3) is 7.82 Å². The second-order valence-electron chi connectivity index (χ2n) is 28.4. The Labute approximate surface area is 556 Å². The summed E-state index contributed by atoms with van der Waals surface area (Å²) in [7, 11) is 1.26. The maximum atomic E-state index is 13.1. The van der Waals surface area contributed by atoms with Gasteiger partial charge < -0.3 is 28.8 Å². The van der Waals surface area contributed by atoms with Gasteiger partial charge >= 0.3 is 0 Å². The predicted molar refractivity (Wildman–Crippen MR) is 390 cm³/mol. The monoisotopic (exact) mass is 1270 g/mol. The van der Waals surface area contributed by atoms with Gasteiger partial charge in [0, 0.05) is 6.42 Å². The van der Waals surface area contributed by atoms with Crippen LogP contribution in [0.4, 0.5) is 0 Å². The van der Waals surface area contributed by atoms with Gasteiger partial charge in [-0.05, 0) is 64.2 Å². The molecule has 89 heavy (non-hydrogen) atoms. The standard InChI is InChI=1S/C80H155N2O6P/c1-6-8-10-12-14-16-18-20-22-24-26-28-30-32-34-36-37-38-39-40-41-42-43-44-45-46-48-50-52-54-56-58-60-62-64-66-68-70-72-74-80(84)81-78(77-88-89(85,86)87-76-75-82(3,4)5)79(83)73-71-69-67-65-63-61-59-57-55-53-51-49-47-35-33-31-29-27-25-23-21-19-17-15-13-11-9-7-2/h18,20,24,26,63,65,71,73,78-79,83H,6-17,19,21-23,25,27-62,64,66-70,72,74-77H2,1-5H3,(H-,81,84,85,86)/b20-18-,26-24-,65-63+,73-71+. The molecule has 526 valence electrons. The summed E-state index contributed by atoms with van der Waals surface area (Å²) in [6.45, 7) is 4.68. The first kappa shape index (κ1) is 87.5. The maximum Gasteiger partial charge on any atom is 0.268 e. The van der Waals surface area contributed by atoms with Crippen LogP contribution in [-0.2, 0) is 18.4 Å². The number of phosphoric ester groups is 1. The summed E-state index contributed by atoms with van der Waals surface area (Å²) >= 11 is 0. The topological polar surface area (TPSA) is 108 Å². The summed E-state index contributed by atoms with van der Waals surface area (Å²) in [6, 6.07) is -0.904. The maximum absolute atomic E-state index is 13.1. The van der Waals surface area contributed by atoms with Crippen molar-refractivity contribution >= 4 is 13.7 Å². The molecular weight excluding hydrogens is 1120 g/mol. The van der Waals surface area contributed by atoms with Gasteiger partial charge in [-0.1, -0.05) is 383 Å². The Morgan fingerprint density at radius 1 is 0.393 bits per heavy atom. The van der Waals surface area contributed by atoms with Crippen molar-refractivity contribution in [1.29, 1.82) is 0 Å². The largest absolute Gasteiger partial charge is 0.756 e. The second-order valence-corrected chi connectivity index (χ2v) is 29.8. The van der Waals surface area contributed by atoms with Crippen LogP contribution in [0.5, 0.6) is 0 Å². The summed E-state index contributed by atoms with van der Waals surface area (Å²) in [4.78, 5) is 25.7. The molecule has 0 spiro atoms. The number of carbonyl (C=O) groups excluding carboxylic acids is 1. The highest BCUT2D eigenvalue weighted by molar-refractivity contribution is 7.45. The van der Waals surface area contributed by atoms with Gasteiger partial charge in [-0.2, -0.15) is 0 Å². The average Bonchev–Trinajstić information content (AvgIpc) is 3.55. The molecule has 1 amide bonds. The number of hydrogen-bond donors (Lipinski definition) is 2. The first-order valence-corrected chi connectivity index (χ1v) is 41.0. The van der Waals surface area contributed by atoms with Crippen molar-refractivity contribution in [3.05, 3.63) is 48.6 Å². The Morgan fingerprint density at radius 2 is 0.663 bits per heavy atom. The lowest BCUT2D eigenvalue weighted by Gasteiger charge is -2.29. The van der Waals surface area contributed by atoms with Crippen LogP contribution in [0, 0.1) is 0 Å². The fourth-order valence-electron chi connectivity index (χ4n) is 12.1. The summed E-state index contributed by atoms with van der Waals surface area (Å²) in [5, 5.41) is 14.0. The van der Waals surface area contributed by atoms with Crippen LogP contribution >= 0.6 is 7.82 Å². The van der Waals surface area contributed by atoms with E-state index in [1.54, 1.807) is 6.08 Å². The highest BCUT2D eigenvalue weighted by atomic mass is 31.2. The van der Waals surface area contributed by atoms with Crippen LogP contribution < -0.4 is 10.2 Å². The third kappa shape index (κ3) is 73.7. The van der Waals surface area contributed by atoms with Gasteiger partial charge in [0.15, 0.2) is 0 Å². The Bertz CT molecular complexity index is 1590. The van der Waals surface area contributed by atoms with Crippen LogP contribution in [0.25, 0.3) is 0 Å². The fraction of sp³-hybridized carbons (Fsp3) is 0.887. The van der Waals surface area contributed by atoms with E-state index < -0.39 is 20.0 Å². The minimum absolute atomic E-state index is 0.00453. The van der Waals surface area contributed by atoms with Crippen molar-refractivity contribution in [3.63, 3.8) is 0 Å². The molecule has 0 heterocycles. The first-order chi connectivity index (χ1) is 43.5. The number of amides is 1. The zero-order valence-electron chi connectivity index (χ0n) is 60.4. The van der Waals surface area contributed by atoms with Gasteiger partial charge in [-0.15, -0.1) is 0 Å². The minimum Gasteiger partial charge on any atom is -0.756 e. The van der Waals surface area contributed by atoms with E-state index in [0.717, 1.165) is 44.9 Å². The van der Waals surface area contributed by atoms with E-state index in [2.05, 4.69) is 55.6 Å². The van der Waals surface area contributed by atoms with Crippen molar-refractivity contribution in [3.8, 4) is 0 Å². The third-order valence-corrected chi connectivity index (χ3v) is 19.2. The molecule has 0 saturated carbocycles. The van der Waals surface area contributed by atoms with Crippen LogP contribution in [0.2, 0.25) is 0 Å². The minimum atomic E-state index is -4.61. The normalized spacial score (nSPS) is 13.7. The van der Waals surface area contributed by atoms with E-state index in [1.807, 2.05) is 27.2 Å². The molecule has 0 fully saturated rings. The number of aliphatic hydroxyl groups excluding tert-OH is 1. The molecule has 0 radical (unpaired) electrons. The number of rotatable bonds is 74. The summed E-state index contributed by atoms with van der Waals surface area (Å²) < 4.78 is 23.5. The summed E-state index contributed by atoms with van der Waals surface area (Å²) in [6.07, 6.45) is 97.1. The number of likely N-dealkylation sites (N-methyl/N-ethyl adjacent to an activating group) is 1. The molecule has 0 saturated heterocycles. The molecule has 0 aromatic heterocycles. The van der Waals surface area contributed by atoms with Crippen LogP contribution in [0.3, 0.4) is 0 Å². The van der Waals surface area contributed by atoms with E-state index in [-0.39, 0.29) is 19.1 Å². The van der Waals surface area contributed by atoms with Crippen molar-refractivity contribution in [1.82, 2.24) is 5.32 Å². The lowest BCUT2D eigenvalue weighted by atomic mass is 10.0. The van der Waals surface area contributed by atoms with Crippen molar-refractivity contribution in [2.45, 2.75) is 418 Å². The van der Waals surface area contributed by atoms with Gasteiger partial charge in [-0.25, -0.2) is 0 Å². The van der Waals surface area contributed by atoms with E-state index in [9.17, 15) is 19.4 Å². The number of quaternary nitrogens is 1. The van der Waals surface area contributed by atoms with Gasteiger partial charge in [0.1, 0.15) is 13.2 Å². The van der Waals surface area contributed by atoms with Crippen LogP contribution in [-0.4, -0.2) is 68.5 Å². The predicted octanol–water partition coefficient (Wildman–Crippen LogP) is 25.1. The first-order valence-electron chi connectivity index (χ1n) is 39.5. The Balaban J connectivity index is 3.96. The van der Waals surface area contributed by atoms with Crippen molar-refractivity contribution in [2.24, 2.45) is 0 Å². The molecule has 0 aliphatic rings. The van der Waals surface area contributed by atoms with Gasteiger partial charge in [0.05, 0.1) is 39.9 Å². The zero-order chi connectivity index (χ0) is 64.8. The molecule has 0 aliphatic heterocycles. The lowest BCUT2D eigenvalue weighted by Crippen LogP contribution is -2.45. The van der Waals surface area contributed by atoms with Crippen LogP contribution in [0.15, 0.2) is 48.6 Å². The van der Waals surface area contributed by atoms with Gasteiger partial charge in [-0.3, -0.25) is 9.36 Å². The number of allylic oxidation sites excluding steroid dienone is 7. The summed E-state index contributed by atoms with van der Waals surface area (Å²) in [5.74, 6) is -0.199. The highest BCUT2D eigenvalue weighted by Crippen LogP contribution is 2.38. The number of nitrogens with zero attached hydrogens (tertiary/aromatic N) is 1. The average molecular weight is 1270 g/mol. The quantitative estimate of drug-likeness (QED) is 0.0272. The fourth-order valence-corrected chi connectivity index (χ4v) is 12.9. The third-order valence-electron chi connectivity index (χ3n) is 18.3. The van der Waals surface area contributed by atoms with E-state index in [4.69, 9.17) is 9.05 Å². The van der Waals surface area contributed by atoms with Gasteiger partial charge in [0.2, 0.25) is 5.91 Å². The zero-order valence-corrected chi connectivity index (χ0v) is 61.3. The molecule has 8 nitrogen and oxygen atoms in total. The molecule has 0 bridgehead atoms. The summed E-state index contributed by atoms with van der Waals surface area (Å²) in [5.41, 5.74) is 0. The van der Waals surface area contributed by atoms with Crippen molar-refractivity contribution in [2.75, 3.05) is 40.9 Å². The van der Waals surface area contributed by atoms with E-state index in [0.29, 0.717) is 17.4 Å². The molecule has 9 heteroatoms. The lowest BCUT2D eigenvalue weighted by molar-refractivity contribution is -0.870. The van der Waals surface area contributed by atoms with Crippen molar-refractivity contribution < 1.29 is 32.9 Å². The smallest absolute Gasteiger partial charge is 0.268 e. The molecule has 0 aliphatic carbocycles. The Morgan fingerprint density at radius 3 is 0.978 bits per heavy atom. The van der Waals surface area contributed by atoms with E-state index >= 15 is 0 Å². The molecule has 0 aromatic carbocycles. The number of unbranched alkanes of at least 4 members (excludes halogenated alkanes) is 55. The van der Waals surface area contributed by atoms with Crippen LogP contribution in [0.1, 0.15) is 406 Å². The molecule has 3 atom stereocenters. The number of hydrogen-bond acceptors (Lipinski definition) is 6. The highest BCUT2D eigenvalue weighted by Gasteiger charge is 2.23. The SMILES string of the molecule is CCCCCCC/C=C\C/C=C\CCCCCCCCCCCCCCCCCCCCCCCCCCCCCC(=O)NC(COP(=O)([O-])OCC[N+](C)(C)C)C(O)/C=C/CC/C=C/CCCCCCCCCCCCCCCCCCCCCCCC. The molecular formula is C80H155N2O6P. The molecule has 3 unspecified atom stereocenters. The molecule has 0 rings (SSSR count). The molecule has 0 aromatic rings. The Hall–Kier alpha value is -1.54. The number of phosphoric acid groups is 1. The number of aliphatic hydroxyl groups is 1. The van der Waals surface area contributed by atoms with E-state index in [1.165, 1.54) is 340 Å². The molecule has 2 N–H and O–H groups in total.